The third-order valence-electron chi connectivity index (χ3n) is 5.61. The van der Waals surface area contributed by atoms with Gasteiger partial charge in [0.15, 0.2) is 18.9 Å². The molecule has 0 saturated carbocycles. The van der Waals surface area contributed by atoms with E-state index in [1.807, 2.05) is 0 Å². The van der Waals surface area contributed by atoms with Gasteiger partial charge >= 0.3 is 0 Å². The molecule has 0 spiro atoms. The van der Waals surface area contributed by atoms with Crippen LogP contribution in [0.1, 0.15) is 0 Å². The molecule has 2 saturated heterocycles. The Balaban J connectivity index is 1.96. The van der Waals surface area contributed by atoms with Crippen LogP contribution in [-0.2, 0) is 23.7 Å². The summed E-state index contributed by atoms with van der Waals surface area (Å²) in [7, 11) is 0. The zero-order valence-corrected chi connectivity index (χ0v) is 17.7. The lowest BCUT2D eigenvalue weighted by atomic mass is 9.98. The molecule has 16 nitrogen and oxygen atoms in total. The van der Waals surface area contributed by atoms with Crippen molar-refractivity contribution in [2.45, 2.75) is 85.8 Å². The Hall–Kier alpha value is -0.930. The van der Waals surface area contributed by atoms with Gasteiger partial charge in [-0.15, -0.1) is 0 Å². The predicted molar refractivity (Wildman–Crippen MR) is 102 cm³/mol. The van der Waals surface area contributed by atoms with Crippen LogP contribution in [0.2, 0.25) is 0 Å². The van der Waals surface area contributed by atoms with Gasteiger partial charge in [0.2, 0.25) is 0 Å². The molecule has 0 bridgehead atoms. The fraction of sp³-hybridized carbons (Fsp3) is 0.944. The fourth-order valence-corrected chi connectivity index (χ4v) is 3.39. The Morgan fingerprint density at radius 2 is 1.21 bits per heavy atom. The summed E-state index contributed by atoms with van der Waals surface area (Å²) >= 11 is 0. The maximum absolute atomic E-state index is 10.5. The van der Waals surface area contributed by atoms with Crippen molar-refractivity contribution >= 4 is 6.29 Å². The lowest BCUT2D eigenvalue weighted by Gasteiger charge is -2.42. The third kappa shape index (κ3) is 6.64. The summed E-state index contributed by atoms with van der Waals surface area (Å²) < 4.78 is 20.8. The number of aldehydes is 1. The van der Waals surface area contributed by atoms with Gasteiger partial charge in [-0.3, -0.25) is 0 Å². The Labute approximate surface area is 192 Å². The van der Waals surface area contributed by atoms with Crippen molar-refractivity contribution in [3.8, 4) is 0 Å². The van der Waals surface area contributed by atoms with Gasteiger partial charge in [-0.25, -0.2) is 0 Å². The Morgan fingerprint density at radius 1 is 0.706 bits per heavy atom. The van der Waals surface area contributed by atoms with E-state index in [1.54, 1.807) is 0 Å². The van der Waals surface area contributed by atoms with Crippen LogP contribution in [0.4, 0.5) is 0 Å². The average molecular weight is 504 g/mol. The monoisotopic (exact) mass is 504 g/mol. The van der Waals surface area contributed by atoms with Crippen molar-refractivity contribution in [3.63, 3.8) is 0 Å². The van der Waals surface area contributed by atoms with E-state index in [0.717, 1.165) is 0 Å². The van der Waals surface area contributed by atoms with Gasteiger partial charge in [-0.2, -0.15) is 0 Å². The van der Waals surface area contributed by atoms with Crippen LogP contribution in [0.15, 0.2) is 0 Å². The highest BCUT2D eigenvalue weighted by Gasteiger charge is 2.47. The number of carbonyl (C=O) groups excluding carboxylic acids is 1. The first kappa shape index (κ1) is 29.3. The number of hydrogen-bond acceptors (Lipinski definition) is 16. The molecule has 2 heterocycles. The first-order valence-corrected chi connectivity index (χ1v) is 10.4. The van der Waals surface area contributed by atoms with Gasteiger partial charge in [-0.1, -0.05) is 0 Å². The van der Waals surface area contributed by atoms with Gasteiger partial charge in [0.25, 0.3) is 0 Å². The molecule has 0 amide bonds. The van der Waals surface area contributed by atoms with E-state index in [2.05, 4.69) is 0 Å². The SMILES string of the molecule is O=C[C@H](O)[C@@H](O)[C@H](O)[C@H](O)COC1O[C@H](CO[C@H]2O[C@H](CO)[C@H](O)[C@H](O)[C@H]2O)[C@H](O)[C@H](O)[C@H]1O. The summed E-state index contributed by atoms with van der Waals surface area (Å²) in [6.45, 7) is -2.13. The number of ether oxygens (including phenoxy) is 4. The predicted octanol–water partition coefficient (Wildman–Crippen LogP) is -7.73. The van der Waals surface area contributed by atoms with Crippen LogP contribution in [0, 0.1) is 0 Å². The normalized spacial score (nSPS) is 42.6. The Kier molecular flexibility index (Phi) is 11.1. The van der Waals surface area contributed by atoms with Crippen LogP contribution in [0.5, 0.6) is 0 Å². The maximum Gasteiger partial charge on any atom is 0.186 e. The molecule has 0 radical (unpaired) electrons. The van der Waals surface area contributed by atoms with Crippen molar-refractivity contribution in [2.24, 2.45) is 0 Å². The molecule has 16 heteroatoms. The first-order valence-electron chi connectivity index (χ1n) is 10.4. The summed E-state index contributed by atoms with van der Waals surface area (Å²) in [5.41, 5.74) is 0. The number of aliphatic hydroxyl groups is 11. The summed E-state index contributed by atoms with van der Waals surface area (Å²) in [4.78, 5) is 10.5. The topological polar surface area (TPSA) is 277 Å². The summed E-state index contributed by atoms with van der Waals surface area (Å²) in [6.07, 6.45) is -24.4. The van der Waals surface area contributed by atoms with Crippen molar-refractivity contribution < 1.29 is 79.9 Å². The number of rotatable bonds is 11. The second-order valence-corrected chi connectivity index (χ2v) is 8.05. The molecule has 0 aromatic heterocycles. The van der Waals surface area contributed by atoms with Crippen LogP contribution in [0.3, 0.4) is 0 Å². The van der Waals surface area contributed by atoms with Crippen molar-refractivity contribution in [1.29, 1.82) is 0 Å². The van der Waals surface area contributed by atoms with Gasteiger partial charge in [-0.05, 0) is 0 Å². The van der Waals surface area contributed by atoms with E-state index >= 15 is 0 Å². The molecule has 200 valence electrons. The van der Waals surface area contributed by atoms with Crippen molar-refractivity contribution in [2.75, 3.05) is 19.8 Å². The minimum Gasteiger partial charge on any atom is -0.394 e. The highest BCUT2D eigenvalue weighted by atomic mass is 16.7. The van der Waals surface area contributed by atoms with Gasteiger partial charge < -0.3 is 79.9 Å². The molecule has 14 atom stereocenters. The smallest absolute Gasteiger partial charge is 0.186 e. The van der Waals surface area contributed by atoms with Gasteiger partial charge in [0, 0.05) is 0 Å². The molecule has 34 heavy (non-hydrogen) atoms. The van der Waals surface area contributed by atoms with E-state index in [-0.39, 0.29) is 6.29 Å². The van der Waals surface area contributed by atoms with Crippen LogP contribution >= 0.6 is 0 Å². The minimum atomic E-state index is -2.04. The minimum absolute atomic E-state index is 0.0623. The van der Waals surface area contributed by atoms with E-state index in [0.29, 0.717) is 0 Å². The number of aliphatic hydroxyl groups excluding tert-OH is 11. The fourth-order valence-electron chi connectivity index (χ4n) is 3.39. The molecule has 0 aliphatic carbocycles. The summed E-state index contributed by atoms with van der Waals surface area (Å²) in [6, 6.07) is 0. The molecule has 1 unspecified atom stereocenters. The van der Waals surface area contributed by atoms with E-state index < -0.39 is 106 Å². The van der Waals surface area contributed by atoms with Crippen LogP contribution in [-0.4, -0.2) is 168 Å². The number of carbonyl (C=O) groups is 1. The summed E-state index contributed by atoms with van der Waals surface area (Å²) in [5, 5.41) is 107. The zero-order valence-electron chi connectivity index (χ0n) is 17.7. The van der Waals surface area contributed by atoms with Crippen LogP contribution in [0.25, 0.3) is 0 Å². The molecule has 0 aromatic carbocycles. The molecule has 2 aliphatic rings. The molecule has 11 N–H and O–H groups in total. The average Bonchev–Trinajstić information content (AvgIpc) is 2.84. The Morgan fingerprint density at radius 3 is 1.74 bits per heavy atom. The molecule has 2 rings (SSSR count). The van der Waals surface area contributed by atoms with Crippen molar-refractivity contribution in [1.82, 2.24) is 0 Å². The lowest BCUT2D eigenvalue weighted by Crippen LogP contribution is -2.62. The molecule has 2 aliphatic heterocycles. The second kappa shape index (κ2) is 12.9. The Bertz CT molecular complexity index is 623. The highest BCUT2D eigenvalue weighted by Crippen LogP contribution is 2.26. The van der Waals surface area contributed by atoms with E-state index in [1.165, 1.54) is 0 Å². The van der Waals surface area contributed by atoms with Gasteiger partial charge in [0.1, 0.15) is 73.2 Å². The molecular weight excluding hydrogens is 472 g/mol. The van der Waals surface area contributed by atoms with Crippen molar-refractivity contribution in [3.05, 3.63) is 0 Å². The zero-order chi connectivity index (χ0) is 25.7. The molecular formula is C18H32O16. The first-order chi connectivity index (χ1) is 15.9. The molecule has 0 aromatic rings. The number of hydrogen-bond donors (Lipinski definition) is 11. The van der Waals surface area contributed by atoms with E-state index in [9.17, 15) is 61.0 Å². The third-order valence-corrected chi connectivity index (χ3v) is 5.61. The van der Waals surface area contributed by atoms with Crippen LogP contribution < -0.4 is 0 Å². The second-order valence-electron chi connectivity index (χ2n) is 8.05. The maximum atomic E-state index is 10.5. The lowest BCUT2D eigenvalue weighted by molar-refractivity contribution is -0.333. The quantitative estimate of drug-likeness (QED) is 0.117. The highest BCUT2D eigenvalue weighted by molar-refractivity contribution is 5.56. The standard InChI is InChI=1S/C18H32O16/c19-1-5(21)9(23)10(24)6(22)3-31-17-16(30)14(28)12(26)8(34-17)4-32-18-15(29)13(27)11(25)7(2-20)33-18/h1,5-18,20-30H,2-4H2/t5-,6+,7+,8+,9+,10+,11-,12-,13-,14-,15+,16+,17?,18-/m0/s1. The largest absolute Gasteiger partial charge is 0.394 e. The molecule has 2 fully saturated rings. The van der Waals surface area contributed by atoms with Gasteiger partial charge in [0.05, 0.1) is 19.8 Å². The summed E-state index contributed by atoms with van der Waals surface area (Å²) in [5.74, 6) is 0. The van der Waals surface area contributed by atoms with E-state index in [4.69, 9.17) is 18.9 Å².